The fourth-order valence-electron chi connectivity index (χ4n) is 2.64. The second kappa shape index (κ2) is 5.45. The first-order valence-electron chi connectivity index (χ1n) is 6.90. The van der Waals surface area contributed by atoms with Crippen LogP contribution < -0.4 is 5.73 Å². The van der Waals surface area contributed by atoms with Crippen molar-refractivity contribution in [3.8, 4) is 0 Å². The van der Waals surface area contributed by atoms with Crippen LogP contribution in [0.5, 0.6) is 0 Å². The maximum Gasteiger partial charge on any atom is 0.281 e. The van der Waals surface area contributed by atoms with Gasteiger partial charge in [-0.1, -0.05) is 0 Å². The number of nitrogens with zero attached hydrogens (tertiary/aromatic N) is 2. The molecule has 0 aromatic heterocycles. The van der Waals surface area contributed by atoms with E-state index in [-0.39, 0.29) is 6.04 Å². The van der Waals surface area contributed by atoms with E-state index in [1.165, 1.54) is 0 Å². The first-order chi connectivity index (χ1) is 8.46. The SMILES string of the molecule is CC(C1CC1)N(C)S(=O)(=O)N1CCC(CN)CC1. The maximum absolute atomic E-state index is 12.5. The number of rotatable bonds is 5. The number of nitrogens with two attached hydrogens (primary N) is 1. The molecule has 0 bridgehead atoms. The Hall–Kier alpha value is -0.170. The second-order valence-electron chi connectivity index (χ2n) is 5.68. The summed E-state index contributed by atoms with van der Waals surface area (Å²) < 4.78 is 28.1. The summed E-state index contributed by atoms with van der Waals surface area (Å²) >= 11 is 0. The number of hydrogen-bond acceptors (Lipinski definition) is 3. The summed E-state index contributed by atoms with van der Waals surface area (Å²) in [6.45, 7) is 3.92. The molecule has 1 aliphatic carbocycles. The maximum atomic E-state index is 12.5. The number of hydrogen-bond donors (Lipinski definition) is 1. The minimum atomic E-state index is -3.27. The molecular formula is C12H25N3O2S. The molecule has 6 heteroatoms. The smallest absolute Gasteiger partial charge is 0.281 e. The van der Waals surface area contributed by atoms with Crippen LogP contribution in [-0.4, -0.2) is 49.8 Å². The van der Waals surface area contributed by atoms with Crippen LogP contribution in [0.4, 0.5) is 0 Å². The predicted molar refractivity (Wildman–Crippen MR) is 72.2 cm³/mol. The highest BCUT2D eigenvalue weighted by molar-refractivity contribution is 7.86. The molecule has 2 aliphatic rings. The van der Waals surface area contributed by atoms with E-state index >= 15 is 0 Å². The van der Waals surface area contributed by atoms with Crippen LogP contribution in [0.15, 0.2) is 0 Å². The van der Waals surface area contributed by atoms with Crippen molar-refractivity contribution < 1.29 is 8.42 Å². The van der Waals surface area contributed by atoms with E-state index in [2.05, 4.69) is 0 Å². The highest BCUT2D eigenvalue weighted by Crippen LogP contribution is 2.36. The summed E-state index contributed by atoms with van der Waals surface area (Å²) in [6, 6.07) is 0.127. The largest absolute Gasteiger partial charge is 0.330 e. The van der Waals surface area contributed by atoms with Crippen LogP contribution in [0.1, 0.15) is 32.6 Å². The molecule has 2 N–H and O–H groups in total. The Balaban J connectivity index is 1.97. The lowest BCUT2D eigenvalue weighted by atomic mass is 9.99. The van der Waals surface area contributed by atoms with Crippen molar-refractivity contribution in [1.82, 2.24) is 8.61 Å². The van der Waals surface area contributed by atoms with Crippen LogP contribution in [-0.2, 0) is 10.2 Å². The monoisotopic (exact) mass is 275 g/mol. The summed E-state index contributed by atoms with van der Waals surface area (Å²) in [7, 11) is -1.56. The van der Waals surface area contributed by atoms with Crippen LogP contribution in [0.3, 0.4) is 0 Å². The molecule has 0 aromatic rings. The van der Waals surface area contributed by atoms with E-state index in [4.69, 9.17) is 5.73 Å². The van der Waals surface area contributed by atoms with Gasteiger partial charge in [0.05, 0.1) is 0 Å². The number of piperidine rings is 1. The van der Waals surface area contributed by atoms with Crippen molar-refractivity contribution >= 4 is 10.2 Å². The Kier molecular flexibility index (Phi) is 4.31. The van der Waals surface area contributed by atoms with E-state index in [0.29, 0.717) is 31.5 Å². The van der Waals surface area contributed by atoms with E-state index in [1.807, 2.05) is 6.92 Å². The molecule has 1 aliphatic heterocycles. The third-order valence-electron chi connectivity index (χ3n) is 4.47. The predicted octanol–water partition coefficient (Wildman–Crippen LogP) is 0.632. The molecule has 1 atom stereocenters. The highest BCUT2D eigenvalue weighted by Gasteiger charge is 2.38. The average Bonchev–Trinajstić information content (AvgIpc) is 3.21. The van der Waals surface area contributed by atoms with Gasteiger partial charge in [0.25, 0.3) is 10.2 Å². The van der Waals surface area contributed by atoms with Crippen molar-refractivity contribution in [3.05, 3.63) is 0 Å². The summed E-state index contributed by atoms with van der Waals surface area (Å²) in [5.41, 5.74) is 5.64. The summed E-state index contributed by atoms with van der Waals surface area (Å²) in [4.78, 5) is 0. The normalized spacial score (nSPS) is 25.6. The van der Waals surface area contributed by atoms with E-state index < -0.39 is 10.2 Å². The van der Waals surface area contributed by atoms with Gasteiger partial charge < -0.3 is 5.73 Å². The van der Waals surface area contributed by atoms with Crippen molar-refractivity contribution in [1.29, 1.82) is 0 Å². The lowest BCUT2D eigenvalue weighted by Crippen LogP contribution is -2.49. The van der Waals surface area contributed by atoms with E-state index in [1.54, 1.807) is 15.7 Å². The first-order valence-corrected chi connectivity index (χ1v) is 8.29. The summed E-state index contributed by atoms with van der Waals surface area (Å²) in [5, 5.41) is 0. The van der Waals surface area contributed by atoms with Crippen LogP contribution in [0.25, 0.3) is 0 Å². The van der Waals surface area contributed by atoms with Gasteiger partial charge in [-0.2, -0.15) is 17.0 Å². The fraction of sp³-hybridized carbons (Fsp3) is 1.00. The zero-order valence-electron chi connectivity index (χ0n) is 11.4. The van der Waals surface area contributed by atoms with Gasteiger partial charge in [-0.05, 0) is 51.0 Å². The quantitative estimate of drug-likeness (QED) is 0.800. The third kappa shape index (κ3) is 2.87. The Morgan fingerprint density at radius 1 is 1.28 bits per heavy atom. The van der Waals surface area contributed by atoms with Gasteiger partial charge in [-0.15, -0.1) is 0 Å². The molecule has 2 rings (SSSR count). The van der Waals surface area contributed by atoms with Crippen LogP contribution >= 0.6 is 0 Å². The van der Waals surface area contributed by atoms with Crippen LogP contribution in [0.2, 0.25) is 0 Å². The minimum Gasteiger partial charge on any atom is -0.330 e. The Morgan fingerprint density at radius 3 is 2.28 bits per heavy atom. The van der Waals surface area contributed by atoms with Gasteiger partial charge in [0, 0.05) is 26.2 Å². The van der Waals surface area contributed by atoms with Gasteiger partial charge in [-0.25, -0.2) is 0 Å². The molecule has 0 amide bonds. The molecular weight excluding hydrogens is 250 g/mol. The molecule has 0 spiro atoms. The molecule has 18 heavy (non-hydrogen) atoms. The van der Waals surface area contributed by atoms with Gasteiger partial charge >= 0.3 is 0 Å². The molecule has 0 radical (unpaired) electrons. The van der Waals surface area contributed by atoms with Gasteiger partial charge in [0.1, 0.15) is 0 Å². The lowest BCUT2D eigenvalue weighted by molar-refractivity contribution is 0.249. The minimum absolute atomic E-state index is 0.127. The van der Waals surface area contributed by atoms with Crippen LogP contribution in [0, 0.1) is 11.8 Å². The van der Waals surface area contributed by atoms with Crippen molar-refractivity contribution in [3.63, 3.8) is 0 Å². The van der Waals surface area contributed by atoms with Crippen molar-refractivity contribution in [2.75, 3.05) is 26.7 Å². The summed E-state index contributed by atoms with van der Waals surface area (Å²) in [6.07, 6.45) is 4.11. The van der Waals surface area contributed by atoms with E-state index in [9.17, 15) is 8.42 Å². The molecule has 1 unspecified atom stereocenters. The zero-order valence-corrected chi connectivity index (χ0v) is 12.2. The molecule has 2 fully saturated rings. The molecule has 1 saturated heterocycles. The Bertz CT molecular complexity index is 373. The standard InChI is InChI=1S/C12H25N3O2S/c1-10(12-3-4-12)14(2)18(16,17)15-7-5-11(9-13)6-8-15/h10-12H,3-9,13H2,1-2H3. The Labute approximate surface area is 110 Å². The summed E-state index contributed by atoms with van der Waals surface area (Å²) in [5.74, 6) is 1.05. The van der Waals surface area contributed by atoms with E-state index in [0.717, 1.165) is 25.7 Å². The van der Waals surface area contributed by atoms with Gasteiger partial charge in [0.15, 0.2) is 0 Å². The molecule has 0 aromatic carbocycles. The average molecular weight is 275 g/mol. The Morgan fingerprint density at radius 2 is 1.83 bits per heavy atom. The van der Waals surface area contributed by atoms with Gasteiger partial charge in [-0.3, -0.25) is 0 Å². The molecule has 1 saturated carbocycles. The fourth-order valence-corrected chi connectivity index (χ4v) is 4.27. The van der Waals surface area contributed by atoms with Crippen molar-refractivity contribution in [2.24, 2.45) is 17.6 Å². The zero-order chi connectivity index (χ0) is 13.3. The first kappa shape index (κ1) is 14.2. The lowest BCUT2D eigenvalue weighted by Gasteiger charge is -2.35. The molecule has 1 heterocycles. The molecule has 106 valence electrons. The highest BCUT2D eigenvalue weighted by atomic mass is 32.2. The molecule has 5 nitrogen and oxygen atoms in total. The third-order valence-corrected chi connectivity index (χ3v) is 6.55. The van der Waals surface area contributed by atoms with Crippen molar-refractivity contribution in [2.45, 2.75) is 38.6 Å². The topological polar surface area (TPSA) is 66.6 Å². The second-order valence-corrected chi connectivity index (χ2v) is 7.67. The van der Waals surface area contributed by atoms with Gasteiger partial charge in [0.2, 0.25) is 0 Å².